The lowest BCUT2D eigenvalue weighted by molar-refractivity contribution is 0.0624. The summed E-state index contributed by atoms with van der Waals surface area (Å²) in [4.78, 5) is 0. The van der Waals surface area contributed by atoms with Crippen molar-refractivity contribution in [3.63, 3.8) is 0 Å². The van der Waals surface area contributed by atoms with Crippen LogP contribution in [0.4, 0.5) is 0 Å². The van der Waals surface area contributed by atoms with Gasteiger partial charge in [0.25, 0.3) is 0 Å². The van der Waals surface area contributed by atoms with Crippen LogP contribution in [-0.4, -0.2) is 19.3 Å². The molecule has 1 heterocycles. The summed E-state index contributed by atoms with van der Waals surface area (Å²) in [6.45, 7) is 7.47. The molecule has 18 heavy (non-hydrogen) atoms. The van der Waals surface area contributed by atoms with Crippen LogP contribution in [0.2, 0.25) is 0 Å². The molecule has 1 aromatic rings. The first-order chi connectivity index (χ1) is 8.57. The fourth-order valence-electron chi connectivity index (χ4n) is 2.50. The lowest BCUT2D eigenvalue weighted by Crippen LogP contribution is -2.39. The second-order valence-electron chi connectivity index (χ2n) is 5.45. The molecular weight excluding hydrogens is 226 g/mol. The zero-order valence-corrected chi connectivity index (χ0v) is 11.7. The number of para-hydroxylation sites is 1. The highest BCUT2D eigenvalue weighted by Gasteiger charge is 2.34. The lowest BCUT2D eigenvalue weighted by Gasteiger charge is -2.38. The van der Waals surface area contributed by atoms with Gasteiger partial charge in [-0.05, 0) is 32.9 Å². The van der Waals surface area contributed by atoms with Crippen LogP contribution in [-0.2, 0) is 0 Å². The minimum absolute atomic E-state index is 0.160. The molecule has 1 aromatic carbocycles. The van der Waals surface area contributed by atoms with E-state index >= 15 is 0 Å². The SMILES string of the molecule is CCCNC1CC(C)(C)Oc2c(OC)cccc21. The summed E-state index contributed by atoms with van der Waals surface area (Å²) in [7, 11) is 1.69. The molecule has 0 fully saturated rings. The average Bonchev–Trinajstić information content (AvgIpc) is 2.34. The van der Waals surface area contributed by atoms with Crippen LogP contribution in [0.15, 0.2) is 18.2 Å². The third-order valence-electron chi connectivity index (χ3n) is 3.32. The van der Waals surface area contributed by atoms with Crippen molar-refractivity contribution in [2.24, 2.45) is 0 Å². The molecule has 1 atom stereocenters. The molecule has 1 aliphatic rings. The number of fused-ring (bicyclic) bond motifs is 1. The van der Waals surface area contributed by atoms with Crippen LogP contribution in [0.25, 0.3) is 0 Å². The van der Waals surface area contributed by atoms with E-state index in [1.54, 1.807) is 7.11 Å². The third-order valence-corrected chi connectivity index (χ3v) is 3.32. The summed E-state index contributed by atoms with van der Waals surface area (Å²) in [6, 6.07) is 6.45. The first-order valence-electron chi connectivity index (χ1n) is 6.66. The molecule has 0 aromatic heterocycles. The van der Waals surface area contributed by atoms with E-state index in [1.165, 1.54) is 5.56 Å². The first-order valence-corrected chi connectivity index (χ1v) is 6.66. The van der Waals surface area contributed by atoms with Crippen molar-refractivity contribution in [3.05, 3.63) is 23.8 Å². The van der Waals surface area contributed by atoms with E-state index in [2.05, 4.69) is 32.2 Å². The van der Waals surface area contributed by atoms with Crippen LogP contribution in [0, 0.1) is 0 Å². The van der Waals surface area contributed by atoms with Gasteiger partial charge in [-0.3, -0.25) is 0 Å². The van der Waals surface area contributed by atoms with Gasteiger partial charge in [0.15, 0.2) is 11.5 Å². The van der Waals surface area contributed by atoms with Gasteiger partial charge in [0, 0.05) is 18.0 Å². The van der Waals surface area contributed by atoms with Gasteiger partial charge in [-0.1, -0.05) is 19.1 Å². The van der Waals surface area contributed by atoms with Gasteiger partial charge in [-0.25, -0.2) is 0 Å². The fraction of sp³-hybridized carbons (Fsp3) is 0.600. The van der Waals surface area contributed by atoms with E-state index in [0.717, 1.165) is 30.9 Å². The van der Waals surface area contributed by atoms with Gasteiger partial charge >= 0.3 is 0 Å². The minimum atomic E-state index is -0.160. The van der Waals surface area contributed by atoms with Crippen LogP contribution < -0.4 is 14.8 Å². The quantitative estimate of drug-likeness (QED) is 0.888. The number of methoxy groups -OCH3 is 1. The van der Waals surface area contributed by atoms with Crippen molar-refractivity contribution in [2.75, 3.05) is 13.7 Å². The number of ether oxygens (including phenoxy) is 2. The predicted octanol–water partition coefficient (Wildman–Crippen LogP) is 3.30. The number of rotatable bonds is 4. The smallest absolute Gasteiger partial charge is 0.166 e. The second kappa shape index (κ2) is 5.19. The van der Waals surface area contributed by atoms with Crippen molar-refractivity contribution < 1.29 is 9.47 Å². The molecule has 1 N–H and O–H groups in total. The highest BCUT2D eigenvalue weighted by Crippen LogP contribution is 2.44. The number of hydrogen-bond donors (Lipinski definition) is 1. The molecule has 1 unspecified atom stereocenters. The summed E-state index contributed by atoms with van der Waals surface area (Å²) in [5.41, 5.74) is 1.05. The zero-order valence-electron chi connectivity index (χ0n) is 11.7. The molecule has 0 saturated heterocycles. The Kier molecular flexibility index (Phi) is 3.81. The summed E-state index contributed by atoms with van der Waals surface area (Å²) >= 11 is 0. The van der Waals surface area contributed by atoms with Crippen molar-refractivity contribution in [1.82, 2.24) is 5.32 Å². The van der Waals surface area contributed by atoms with E-state index in [9.17, 15) is 0 Å². The van der Waals surface area contributed by atoms with Gasteiger partial charge < -0.3 is 14.8 Å². The average molecular weight is 249 g/mol. The molecule has 0 amide bonds. The second-order valence-corrected chi connectivity index (χ2v) is 5.45. The van der Waals surface area contributed by atoms with Crippen LogP contribution in [0.3, 0.4) is 0 Å². The number of hydrogen-bond acceptors (Lipinski definition) is 3. The molecule has 3 heteroatoms. The third kappa shape index (κ3) is 2.61. The van der Waals surface area contributed by atoms with Crippen molar-refractivity contribution in [1.29, 1.82) is 0 Å². The highest BCUT2D eigenvalue weighted by atomic mass is 16.5. The van der Waals surface area contributed by atoms with Crippen molar-refractivity contribution >= 4 is 0 Å². The normalized spacial score (nSPS) is 21.0. The van der Waals surface area contributed by atoms with E-state index in [1.807, 2.05) is 12.1 Å². The molecule has 0 aliphatic carbocycles. The molecule has 0 radical (unpaired) electrons. The van der Waals surface area contributed by atoms with E-state index in [0.29, 0.717) is 6.04 Å². The van der Waals surface area contributed by atoms with Crippen LogP contribution >= 0.6 is 0 Å². The Morgan fingerprint density at radius 3 is 2.89 bits per heavy atom. The predicted molar refractivity (Wildman–Crippen MR) is 73.4 cm³/mol. The van der Waals surface area contributed by atoms with Crippen LogP contribution in [0.5, 0.6) is 11.5 Å². The Balaban J connectivity index is 2.36. The van der Waals surface area contributed by atoms with Gasteiger partial charge in [-0.15, -0.1) is 0 Å². The van der Waals surface area contributed by atoms with Crippen molar-refractivity contribution in [2.45, 2.75) is 45.3 Å². The Morgan fingerprint density at radius 1 is 1.44 bits per heavy atom. The van der Waals surface area contributed by atoms with Gasteiger partial charge in [0.1, 0.15) is 5.60 Å². The largest absolute Gasteiger partial charge is 0.493 e. The van der Waals surface area contributed by atoms with E-state index < -0.39 is 0 Å². The molecule has 2 rings (SSSR count). The van der Waals surface area contributed by atoms with Gasteiger partial charge in [-0.2, -0.15) is 0 Å². The van der Waals surface area contributed by atoms with Crippen LogP contribution in [0.1, 0.15) is 45.2 Å². The monoisotopic (exact) mass is 249 g/mol. The molecule has 0 spiro atoms. The molecular formula is C15H23NO2. The number of nitrogens with one attached hydrogen (secondary N) is 1. The van der Waals surface area contributed by atoms with Gasteiger partial charge in [0.2, 0.25) is 0 Å². The topological polar surface area (TPSA) is 30.5 Å². The summed E-state index contributed by atoms with van der Waals surface area (Å²) in [5.74, 6) is 1.72. The lowest BCUT2D eigenvalue weighted by atomic mass is 9.89. The molecule has 0 bridgehead atoms. The minimum Gasteiger partial charge on any atom is -0.493 e. The standard InChI is InChI=1S/C15H23NO2/c1-5-9-16-12-10-15(2,3)18-14-11(12)7-6-8-13(14)17-4/h6-8,12,16H,5,9-10H2,1-4H3. The Hall–Kier alpha value is -1.22. The number of benzene rings is 1. The molecule has 1 aliphatic heterocycles. The highest BCUT2D eigenvalue weighted by molar-refractivity contribution is 5.49. The summed E-state index contributed by atoms with van der Waals surface area (Å²) < 4.78 is 11.5. The molecule has 100 valence electrons. The molecule has 0 saturated carbocycles. The maximum absolute atomic E-state index is 6.09. The Labute approximate surface area is 109 Å². The maximum Gasteiger partial charge on any atom is 0.166 e. The van der Waals surface area contributed by atoms with Crippen molar-refractivity contribution in [3.8, 4) is 11.5 Å². The maximum atomic E-state index is 6.09. The first kappa shape index (κ1) is 13.2. The van der Waals surface area contributed by atoms with E-state index in [-0.39, 0.29) is 5.60 Å². The summed E-state index contributed by atoms with van der Waals surface area (Å²) in [5, 5.41) is 3.60. The fourth-order valence-corrected chi connectivity index (χ4v) is 2.50. The molecule has 3 nitrogen and oxygen atoms in total. The zero-order chi connectivity index (χ0) is 13.2. The summed E-state index contributed by atoms with van der Waals surface area (Å²) in [6.07, 6.45) is 2.12. The van der Waals surface area contributed by atoms with E-state index in [4.69, 9.17) is 9.47 Å². The Bertz CT molecular complexity index is 415. The Morgan fingerprint density at radius 2 is 2.22 bits per heavy atom. The van der Waals surface area contributed by atoms with Gasteiger partial charge in [0.05, 0.1) is 7.11 Å².